The lowest BCUT2D eigenvalue weighted by molar-refractivity contribution is -0.118. The van der Waals surface area contributed by atoms with E-state index in [1.165, 1.54) is 83.5 Å². The van der Waals surface area contributed by atoms with Gasteiger partial charge in [0, 0.05) is 6.42 Å². The molecule has 0 spiro atoms. The Morgan fingerprint density at radius 2 is 1.68 bits per heavy atom. The molecule has 0 aromatic heterocycles. The average Bonchev–Trinajstić information content (AvgIpc) is 3.16. The van der Waals surface area contributed by atoms with Gasteiger partial charge in [0.1, 0.15) is 0 Å². The third-order valence-corrected chi connectivity index (χ3v) is 9.34. The molecule has 1 aromatic rings. The molecular formula is C29H45NO. The molecule has 2 fully saturated rings. The minimum absolute atomic E-state index is 0.150. The van der Waals surface area contributed by atoms with Crippen LogP contribution in [0, 0.1) is 23.2 Å². The molecule has 0 aliphatic heterocycles. The minimum Gasteiger partial charge on any atom is -0.370 e. The molecular weight excluding hydrogens is 378 g/mol. The molecule has 31 heavy (non-hydrogen) atoms. The first-order chi connectivity index (χ1) is 15.1. The van der Waals surface area contributed by atoms with Gasteiger partial charge in [-0.2, -0.15) is 0 Å². The second kappa shape index (κ2) is 10.5. The highest BCUT2D eigenvalue weighted by molar-refractivity contribution is 5.73. The fraction of sp³-hybridized carbons (Fsp3) is 0.759. The fourth-order valence-electron chi connectivity index (χ4n) is 7.77. The van der Waals surface area contributed by atoms with E-state index in [0.29, 0.717) is 11.8 Å². The van der Waals surface area contributed by atoms with Crippen molar-refractivity contribution in [3.8, 4) is 0 Å². The number of carbonyl (C=O) groups is 1. The van der Waals surface area contributed by atoms with Gasteiger partial charge in [0.2, 0.25) is 5.91 Å². The summed E-state index contributed by atoms with van der Waals surface area (Å²) >= 11 is 0. The van der Waals surface area contributed by atoms with Crippen LogP contribution in [-0.2, 0) is 11.2 Å². The molecule has 1 unspecified atom stereocenters. The van der Waals surface area contributed by atoms with E-state index in [1.54, 1.807) is 11.1 Å². The van der Waals surface area contributed by atoms with Gasteiger partial charge in [-0.15, -0.1) is 0 Å². The van der Waals surface area contributed by atoms with Crippen molar-refractivity contribution in [2.45, 2.75) is 116 Å². The number of benzene rings is 1. The highest BCUT2D eigenvalue weighted by atomic mass is 16.1. The van der Waals surface area contributed by atoms with E-state index in [9.17, 15) is 4.79 Å². The highest BCUT2D eigenvalue weighted by Crippen LogP contribution is 2.62. The van der Waals surface area contributed by atoms with E-state index >= 15 is 0 Å². The Bertz CT molecular complexity index is 727. The van der Waals surface area contributed by atoms with Gasteiger partial charge in [0.15, 0.2) is 0 Å². The Labute approximate surface area is 190 Å². The number of carbonyl (C=O) groups excluding carboxylic acids is 1. The van der Waals surface area contributed by atoms with Crippen molar-refractivity contribution in [2.75, 3.05) is 0 Å². The van der Waals surface area contributed by atoms with Crippen molar-refractivity contribution >= 4 is 5.91 Å². The second-order valence-electron chi connectivity index (χ2n) is 11.4. The molecule has 3 aliphatic carbocycles. The summed E-state index contributed by atoms with van der Waals surface area (Å²) in [5, 5.41) is 0. The maximum absolute atomic E-state index is 10.8. The Balaban J connectivity index is 1.26. The molecule has 5 atom stereocenters. The first kappa shape index (κ1) is 22.9. The van der Waals surface area contributed by atoms with Crippen LogP contribution in [-0.4, -0.2) is 5.91 Å². The molecule has 2 N–H and O–H groups in total. The third-order valence-electron chi connectivity index (χ3n) is 9.34. The van der Waals surface area contributed by atoms with E-state index < -0.39 is 0 Å². The van der Waals surface area contributed by atoms with Gasteiger partial charge in [-0.25, -0.2) is 0 Å². The Hall–Kier alpha value is -1.31. The predicted octanol–water partition coefficient (Wildman–Crippen LogP) is 7.55. The predicted molar refractivity (Wildman–Crippen MR) is 130 cm³/mol. The van der Waals surface area contributed by atoms with E-state index in [0.717, 1.165) is 36.5 Å². The Morgan fingerprint density at radius 1 is 0.968 bits per heavy atom. The highest BCUT2D eigenvalue weighted by Gasteiger charge is 2.52. The smallest absolute Gasteiger partial charge is 0.217 e. The minimum atomic E-state index is -0.150. The number of fused-ring (bicyclic) bond motifs is 5. The van der Waals surface area contributed by atoms with Gasteiger partial charge in [-0.1, -0.05) is 82.6 Å². The van der Waals surface area contributed by atoms with Gasteiger partial charge in [-0.3, -0.25) is 4.79 Å². The van der Waals surface area contributed by atoms with Crippen LogP contribution in [0.5, 0.6) is 0 Å². The van der Waals surface area contributed by atoms with Crippen LogP contribution >= 0.6 is 0 Å². The molecule has 4 rings (SSSR count). The van der Waals surface area contributed by atoms with E-state index in [2.05, 4.69) is 31.2 Å². The summed E-state index contributed by atoms with van der Waals surface area (Å²) in [7, 11) is 0. The summed E-state index contributed by atoms with van der Waals surface area (Å²) in [6.45, 7) is 2.63. The number of primary amides is 1. The molecule has 0 bridgehead atoms. The third kappa shape index (κ3) is 5.37. The quantitative estimate of drug-likeness (QED) is 0.367. The molecule has 2 saturated carbocycles. The monoisotopic (exact) mass is 423 g/mol. The zero-order chi connectivity index (χ0) is 21.7. The molecule has 1 amide bonds. The lowest BCUT2D eigenvalue weighted by atomic mass is 9.52. The molecule has 172 valence electrons. The Morgan fingerprint density at radius 3 is 2.45 bits per heavy atom. The maximum Gasteiger partial charge on any atom is 0.217 e. The Kier molecular flexibility index (Phi) is 7.77. The molecule has 1 aromatic carbocycles. The number of hydrogen-bond acceptors (Lipinski definition) is 1. The molecule has 3 aliphatic rings. The number of hydrogen-bond donors (Lipinski definition) is 1. The second-order valence-corrected chi connectivity index (χ2v) is 11.4. The van der Waals surface area contributed by atoms with Crippen molar-refractivity contribution in [2.24, 2.45) is 28.9 Å². The van der Waals surface area contributed by atoms with E-state index in [-0.39, 0.29) is 5.91 Å². The van der Waals surface area contributed by atoms with Crippen molar-refractivity contribution in [3.63, 3.8) is 0 Å². The molecule has 0 saturated heterocycles. The van der Waals surface area contributed by atoms with Gasteiger partial charge in [0.25, 0.3) is 0 Å². The lowest BCUT2D eigenvalue weighted by Gasteiger charge is -2.52. The lowest BCUT2D eigenvalue weighted by Crippen LogP contribution is -2.44. The number of unbranched alkanes of at least 4 members (excludes halogenated alkanes) is 7. The summed E-state index contributed by atoms with van der Waals surface area (Å²) in [6.07, 6.45) is 21.0. The normalized spacial score (nSPS) is 31.6. The van der Waals surface area contributed by atoms with E-state index in [4.69, 9.17) is 5.73 Å². The van der Waals surface area contributed by atoms with Crippen LogP contribution < -0.4 is 5.73 Å². The van der Waals surface area contributed by atoms with Gasteiger partial charge >= 0.3 is 0 Å². The van der Waals surface area contributed by atoms with Crippen LogP contribution in [0.15, 0.2) is 24.3 Å². The largest absolute Gasteiger partial charge is 0.370 e. The van der Waals surface area contributed by atoms with Crippen molar-refractivity contribution < 1.29 is 4.79 Å². The van der Waals surface area contributed by atoms with Crippen LogP contribution in [0.4, 0.5) is 0 Å². The summed E-state index contributed by atoms with van der Waals surface area (Å²) in [6, 6.07) is 9.44. The summed E-state index contributed by atoms with van der Waals surface area (Å²) < 4.78 is 0. The molecule has 2 heteroatoms. The number of rotatable bonds is 11. The standard InChI is InChI=1S/C29H45NO/c1-29-19-12-16-26(29)28-23(14-8-6-4-2-3-5-7-9-17-27(30)31)21-22-13-10-11-15-24(22)25(28)18-20-29/h10-11,13,15,23,25-26,28H,2-9,12,14,16-21H2,1H3,(H2,30,31)/t23?,25-,26+,28-,29+/m1/s1. The van der Waals surface area contributed by atoms with Gasteiger partial charge in [-0.05, 0) is 85.2 Å². The van der Waals surface area contributed by atoms with Crippen LogP contribution in [0.3, 0.4) is 0 Å². The van der Waals surface area contributed by atoms with Crippen molar-refractivity contribution in [1.82, 2.24) is 0 Å². The molecule has 0 radical (unpaired) electrons. The summed E-state index contributed by atoms with van der Waals surface area (Å²) in [5.74, 6) is 3.53. The SMILES string of the molecule is C[C@@]12CCC[C@H]1[C@@H]1C(CCCCCCCCCCC(N)=O)Cc3ccccc3[C@H]1CC2. The van der Waals surface area contributed by atoms with Crippen LogP contribution in [0.1, 0.15) is 120 Å². The maximum atomic E-state index is 10.8. The zero-order valence-electron chi connectivity index (χ0n) is 19.9. The fourth-order valence-corrected chi connectivity index (χ4v) is 7.77. The number of nitrogens with two attached hydrogens (primary N) is 1. The molecule has 2 nitrogen and oxygen atoms in total. The van der Waals surface area contributed by atoms with Crippen molar-refractivity contribution in [3.05, 3.63) is 35.4 Å². The van der Waals surface area contributed by atoms with Crippen LogP contribution in [0.2, 0.25) is 0 Å². The van der Waals surface area contributed by atoms with Crippen molar-refractivity contribution in [1.29, 1.82) is 0 Å². The van der Waals surface area contributed by atoms with Gasteiger partial charge in [0.05, 0.1) is 0 Å². The van der Waals surface area contributed by atoms with Gasteiger partial charge < -0.3 is 5.73 Å². The topological polar surface area (TPSA) is 43.1 Å². The first-order valence-electron chi connectivity index (χ1n) is 13.4. The summed E-state index contributed by atoms with van der Waals surface area (Å²) in [4.78, 5) is 10.8. The van der Waals surface area contributed by atoms with Crippen LogP contribution in [0.25, 0.3) is 0 Å². The summed E-state index contributed by atoms with van der Waals surface area (Å²) in [5.41, 5.74) is 9.24. The van der Waals surface area contributed by atoms with E-state index in [1.807, 2.05) is 0 Å². The molecule has 0 heterocycles. The zero-order valence-corrected chi connectivity index (χ0v) is 19.9. The average molecular weight is 424 g/mol. The first-order valence-corrected chi connectivity index (χ1v) is 13.4. The number of amides is 1.